The molecule has 0 amide bonds. The molecule has 1 aromatic carbocycles. The van der Waals surface area contributed by atoms with E-state index in [9.17, 15) is 18.0 Å². The predicted octanol–water partition coefficient (Wildman–Crippen LogP) is 0.227. The molecule has 25 heavy (non-hydrogen) atoms. The SMILES string of the molecule is CCNCC1CCN(S(=O)(=O)c2ccc3[nH]c(=O)[nH]c(=O)c3c2)CC1. The van der Waals surface area contributed by atoms with Crippen molar-refractivity contribution in [1.82, 2.24) is 19.6 Å². The summed E-state index contributed by atoms with van der Waals surface area (Å²) in [7, 11) is -3.66. The van der Waals surface area contributed by atoms with Crippen molar-refractivity contribution in [2.45, 2.75) is 24.7 Å². The lowest BCUT2D eigenvalue weighted by Crippen LogP contribution is -2.40. The summed E-state index contributed by atoms with van der Waals surface area (Å²) in [6.45, 7) is 4.81. The van der Waals surface area contributed by atoms with Crippen LogP contribution in [0.5, 0.6) is 0 Å². The molecule has 2 aromatic rings. The van der Waals surface area contributed by atoms with Gasteiger partial charge < -0.3 is 10.3 Å². The van der Waals surface area contributed by atoms with E-state index in [1.54, 1.807) is 0 Å². The molecule has 1 aromatic heterocycles. The lowest BCUT2D eigenvalue weighted by molar-refractivity contribution is 0.268. The summed E-state index contributed by atoms with van der Waals surface area (Å²) in [6.07, 6.45) is 1.63. The fourth-order valence-electron chi connectivity index (χ4n) is 3.16. The monoisotopic (exact) mass is 366 g/mol. The molecule has 0 saturated carbocycles. The van der Waals surface area contributed by atoms with Crippen molar-refractivity contribution >= 4 is 20.9 Å². The molecule has 9 heteroatoms. The number of fused-ring (bicyclic) bond motifs is 1. The molecule has 3 rings (SSSR count). The van der Waals surface area contributed by atoms with E-state index >= 15 is 0 Å². The van der Waals surface area contributed by atoms with Crippen molar-refractivity contribution in [3.05, 3.63) is 39.0 Å². The summed E-state index contributed by atoms with van der Waals surface area (Å²) in [5.41, 5.74) is -0.895. The molecule has 136 valence electrons. The molecule has 1 saturated heterocycles. The van der Waals surface area contributed by atoms with Crippen molar-refractivity contribution in [3.8, 4) is 0 Å². The second-order valence-electron chi connectivity index (χ2n) is 6.27. The van der Waals surface area contributed by atoms with E-state index in [0.717, 1.165) is 25.9 Å². The molecule has 1 aliphatic rings. The molecule has 0 bridgehead atoms. The smallest absolute Gasteiger partial charge is 0.317 e. The van der Waals surface area contributed by atoms with E-state index in [0.29, 0.717) is 24.5 Å². The minimum atomic E-state index is -3.66. The lowest BCUT2D eigenvalue weighted by Gasteiger charge is -2.31. The summed E-state index contributed by atoms with van der Waals surface area (Å²) >= 11 is 0. The first-order chi connectivity index (χ1) is 11.9. The van der Waals surface area contributed by atoms with Crippen LogP contribution in [0.2, 0.25) is 0 Å². The third-order valence-electron chi connectivity index (χ3n) is 4.61. The Labute approximate surface area is 145 Å². The van der Waals surface area contributed by atoms with Crippen LogP contribution < -0.4 is 16.6 Å². The highest BCUT2D eigenvalue weighted by atomic mass is 32.2. The maximum atomic E-state index is 12.9. The highest BCUT2D eigenvalue weighted by Crippen LogP contribution is 2.24. The van der Waals surface area contributed by atoms with E-state index in [1.165, 1.54) is 22.5 Å². The van der Waals surface area contributed by atoms with Crippen LogP contribution in [0.4, 0.5) is 0 Å². The lowest BCUT2D eigenvalue weighted by atomic mass is 9.98. The minimum Gasteiger partial charge on any atom is -0.317 e. The number of H-pyrrole nitrogens is 2. The third-order valence-corrected chi connectivity index (χ3v) is 6.50. The van der Waals surface area contributed by atoms with Gasteiger partial charge in [-0.25, -0.2) is 13.2 Å². The molecule has 1 fully saturated rings. The summed E-state index contributed by atoms with van der Waals surface area (Å²) in [5, 5.41) is 3.45. The Bertz CT molecular complexity index is 972. The number of nitrogens with zero attached hydrogens (tertiary/aromatic N) is 1. The van der Waals surface area contributed by atoms with E-state index in [2.05, 4.69) is 15.3 Å². The molecule has 8 nitrogen and oxygen atoms in total. The zero-order valence-corrected chi connectivity index (χ0v) is 14.9. The van der Waals surface area contributed by atoms with Crippen LogP contribution in [0.3, 0.4) is 0 Å². The second kappa shape index (κ2) is 7.11. The largest absolute Gasteiger partial charge is 0.326 e. The molecule has 0 unspecified atom stereocenters. The Morgan fingerprint density at radius 1 is 1.20 bits per heavy atom. The van der Waals surface area contributed by atoms with Gasteiger partial charge in [-0.15, -0.1) is 0 Å². The van der Waals surface area contributed by atoms with Gasteiger partial charge >= 0.3 is 5.69 Å². The summed E-state index contributed by atoms with van der Waals surface area (Å²) in [5.74, 6) is 0.482. The number of sulfonamides is 1. The van der Waals surface area contributed by atoms with E-state index in [4.69, 9.17) is 0 Å². The van der Waals surface area contributed by atoms with Crippen LogP contribution in [-0.4, -0.2) is 48.9 Å². The fraction of sp³-hybridized carbons (Fsp3) is 0.500. The van der Waals surface area contributed by atoms with Crippen LogP contribution in [0.15, 0.2) is 32.7 Å². The Morgan fingerprint density at radius 2 is 1.92 bits per heavy atom. The molecule has 0 spiro atoms. The summed E-state index contributed by atoms with van der Waals surface area (Å²) < 4.78 is 27.2. The van der Waals surface area contributed by atoms with Gasteiger partial charge in [-0.3, -0.25) is 9.78 Å². The van der Waals surface area contributed by atoms with Crippen LogP contribution >= 0.6 is 0 Å². The fourth-order valence-corrected chi connectivity index (χ4v) is 4.65. The van der Waals surface area contributed by atoms with Crippen LogP contribution in [0.25, 0.3) is 10.9 Å². The number of benzene rings is 1. The standard InChI is InChI=1S/C16H22N4O4S/c1-2-17-10-11-5-7-20(8-6-11)25(23,24)12-3-4-14-13(9-12)15(21)19-16(22)18-14/h3-4,9,11,17H,2,5-8,10H2,1H3,(H2,18,19,21,22). The maximum Gasteiger partial charge on any atom is 0.326 e. The highest BCUT2D eigenvalue weighted by molar-refractivity contribution is 7.89. The van der Waals surface area contributed by atoms with Gasteiger partial charge in [0.05, 0.1) is 15.8 Å². The zero-order valence-electron chi connectivity index (χ0n) is 14.0. The quantitative estimate of drug-likeness (QED) is 0.700. The van der Waals surface area contributed by atoms with Gasteiger partial charge in [0.25, 0.3) is 5.56 Å². The van der Waals surface area contributed by atoms with E-state index in [-0.39, 0.29) is 10.3 Å². The van der Waals surface area contributed by atoms with Gasteiger partial charge in [-0.05, 0) is 50.0 Å². The molecular formula is C16H22N4O4S. The van der Waals surface area contributed by atoms with Gasteiger partial charge in [0, 0.05) is 13.1 Å². The van der Waals surface area contributed by atoms with E-state index in [1.807, 2.05) is 6.92 Å². The minimum absolute atomic E-state index is 0.0719. The maximum absolute atomic E-state index is 12.9. The average molecular weight is 366 g/mol. The van der Waals surface area contributed by atoms with Gasteiger partial charge in [-0.2, -0.15) is 4.31 Å². The Morgan fingerprint density at radius 3 is 2.60 bits per heavy atom. The number of hydrogen-bond donors (Lipinski definition) is 3. The number of nitrogens with one attached hydrogen (secondary N) is 3. The van der Waals surface area contributed by atoms with Crippen LogP contribution in [0.1, 0.15) is 19.8 Å². The zero-order chi connectivity index (χ0) is 18.0. The van der Waals surface area contributed by atoms with Crippen LogP contribution in [0, 0.1) is 5.92 Å². The molecule has 0 radical (unpaired) electrons. The van der Waals surface area contributed by atoms with Gasteiger partial charge in [0.15, 0.2) is 0 Å². The van der Waals surface area contributed by atoms with Gasteiger partial charge in [0.1, 0.15) is 0 Å². The summed E-state index contributed by atoms with van der Waals surface area (Å²) in [4.78, 5) is 27.9. The van der Waals surface area contributed by atoms with E-state index < -0.39 is 21.3 Å². The average Bonchev–Trinajstić information content (AvgIpc) is 2.60. The van der Waals surface area contributed by atoms with Crippen molar-refractivity contribution in [2.75, 3.05) is 26.2 Å². The van der Waals surface area contributed by atoms with Gasteiger partial charge in [-0.1, -0.05) is 6.92 Å². The predicted molar refractivity (Wildman–Crippen MR) is 95.2 cm³/mol. The first-order valence-corrected chi connectivity index (χ1v) is 9.83. The molecule has 2 heterocycles. The topological polar surface area (TPSA) is 115 Å². The Kier molecular flexibility index (Phi) is 5.07. The summed E-state index contributed by atoms with van der Waals surface area (Å²) in [6, 6.07) is 4.21. The number of rotatable bonds is 5. The molecule has 0 aliphatic carbocycles. The molecule has 1 aliphatic heterocycles. The van der Waals surface area contributed by atoms with Crippen molar-refractivity contribution < 1.29 is 8.42 Å². The van der Waals surface area contributed by atoms with Crippen molar-refractivity contribution in [3.63, 3.8) is 0 Å². The number of hydrogen-bond acceptors (Lipinski definition) is 5. The van der Waals surface area contributed by atoms with Crippen LogP contribution in [-0.2, 0) is 10.0 Å². The van der Waals surface area contributed by atoms with Crippen molar-refractivity contribution in [2.24, 2.45) is 5.92 Å². The Balaban J connectivity index is 1.85. The molecule has 3 N–H and O–H groups in total. The Hall–Kier alpha value is -1.97. The normalized spacial score (nSPS) is 17.2. The molecular weight excluding hydrogens is 344 g/mol. The van der Waals surface area contributed by atoms with Crippen molar-refractivity contribution in [1.29, 1.82) is 0 Å². The van der Waals surface area contributed by atoms with Gasteiger partial charge in [0.2, 0.25) is 10.0 Å². The number of piperidine rings is 1. The second-order valence-corrected chi connectivity index (χ2v) is 8.21. The first-order valence-electron chi connectivity index (χ1n) is 8.39. The number of aromatic nitrogens is 2. The highest BCUT2D eigenvalue weighted by Gasteiger charge is 2.29. The first kappa shape index (κ1) is 17.8. The molecule has 0 atom stereocenters. The third kappa shape index (κ3) is 3.68. The number of aromatic amines is 2.